The monoisotopic (exact) mass is 326 g/mol. The molecular weight excluding hydrogens is 300 g/mol. The maximum absolute atomic E-state index is 5.54. The van der Waals surface area contributed by atoms with Gasteiger partial charge in [0.15, 0.2) is 5.11 Å². The minimum absolute atomic E-state index is 0.224. The maximum atomic E-state index is 5.54. The molecule has 122 valence electrons. The quantitative estimate of drug-likeness (QED) is 0.722. The molecule has 0 aliphatic carbocycles. The van der Waals surface area contributed by atoms with Gasteiger partial charge in [0.25, 0.3) is 0 Å². The van der Waals surface area contributed by atoms with Crippen molar-refractivity contribution < 1.29 is 0 Å². The number of benzene rings is 2. The van der Waals surface area contributed by atoms with Crippen LogP contribution in [0.25, 0.3) is 0 Å². The molecule has 0 saturated heterocycles. The topological polar surface area (TPSA) is 24.1 Å². The Morgan fingerprint density at radius 2 is 1.74 bits per heavy atom. The average molecular weight is 327 g/mol. The van der Waals surface area contributed by atoms with E-state index in [2.05, 4.69) is 80.8 Å². The Hall–Kier alpha value is -1.87. The minimum Gasteiger partial charge on any atom is -0.356 e. The fraction of sp³-hybridized carbons (Fsp3) is 0.350. The molecule has 2 aromatic rings. The lowest BCUT2D eigenvalue weighted by Gasteiger charge is -2.23. The largest absolute Gasteiger partial charge is 0.356 e. The van der Waals surface area contributed by atoms with Crippen LogP contribution in [0.15, 0.2) is 48.5 Å². The first-order chi connectivity index (χ1) is 11.0. The first kappa shape index (κ1) is 17.5. The van der Waals surface area contributed by atoms with E-state index in [0.29, 0.717) is 11.0 Å². The van der Waals surface area contributed by atoms with E-state index >= 15 is 0 Å². The number of hydrogen-bond acceptors (Lipinski definition) is 1. The number of nitrogens with one attached hydrogen (secondary N) is 2. The van der Waals surface area contributed by atoms with E-state index in [9.17, 15) is 0 Å². The minimum atomic E-state index is 0.224. The standard InChI is InChI=1S/C20H26N2S/c1-14(2)12-19(17-8-6-5-7-9-17)22-20(23)21-18-11-10-15(3)13-16(18)4/h5-11,13-14,19H,12H2,1-4H3,(H2,21,22,23). The first-order valence-corrected chi connectivity index (χ1v) is 8.56. The number of hydrogen-bond donors (Lipinski definition) is 2. The summed E-state index contributed by atoms with van der Waals surface area (Å²) in [6.45, 7) is 8.67. The van der Waals surface area contributed by atoms with Crippen LogP contribution in [0.4, 0.5) is 5.69 Å². The normalized spacial score (nSPS) is 12.0. The fourth-order valence-electron chi connectivity index (χ4n) is 2.71. The third kappa shape index (κ3) is 5.36. The van der Waals surface area contributed by atoms with E-state index in [-0.39, 0.29) is 6.04 Å². The Bertz CT molecular complexity index is 650. The Balaban J connectivity index is 2.08. The third-order valence-electron chi connectivity index (χ3n) is 3.84. The SMILES string of the molecule is Cc1ccc(NC(=S)NC(CC(C)C)c2ccccc2)c(C)c1. The van der Waals surface area contributed by atoms with Crippen LogP contribution in [0.5, 0.6) is 0 Å². The van der Waals surface area contributed by atoms with Crippen molar-refractivity contribution in [2.45, 2.75) is 40.2 Å². The first-order valence-electron chi connectivity index (χ1n) is 8.15. The van der Waals surface area contributed by atoms with Gasteiger partial charge in [0.2, 0.25) is 0 Å². The second-order valence-corrected chi connectivity index (χ2v) is 6.92. The van der Waals surface area contributed by atoms with Crippen molar-refractivity contribution in [1.29, 1.82) is 0 Å². The van der Waals surface area contributed by atoms with Crippen molar-refractivity contribution in [2.24, 2.45) is 5.92 Å². The molecule has 0 aromatic heterocycles. The molecule has 0 aliphatic rings. The molecule has 0 saturated carbocycles. The van der Waals surface area contributed by atoms with E-state index in [1.807, 2.05) is 6.07 Å². The van der Waals surface area contributed by atoms with Crippen LogP contribution in [-0.2, 0) is 0 Å². The van der Waals surface area contributed by atoms with Gasteiger partial charge in [-0.25, -0.2) is 0 Å². The van der Waals surface area contributed by atoms with Gasteiger partial charge in [-0.2, -0.15) is 0 Å². The van der Waals surface area contributed by atoms with E-state index in [1.165, 1.54) is 16.7 Å². The van der Waals surface area contributed by atoms with Crippen LogP contribution < -0.4 is 10.6 Å². The zero-order valence-corrected chi connectivity index (χ0v) is 15.2. The van der Waals surface area contributed by atoms with Crippen molar-refractivity contribution in [3.8, 4) is 0 Å². The van der Waals surface area contributed by atoms with Crippen LogP contribution in [0.3, 0.4) is 0 Å². The Morgan fingerprint density at radius 1 is 1.04 bits per heavy atom. The molecule has 0 spiro atoms. The summed E-state index contributed by atoms with van der Waals surface area (Å²) in [5, 5.41) is 7.48. The predicted molar refractivity (Wildman–Crippen MR) is 104 cm³/mol. The van der Waals surface area contributed by atoms with Crippen LogP contribution in [0.2, 0.25) is 0 Å². The molecule has 0 radical (unpaired) electrons. The summed E-state index contributed by atoms with van der Waals surface area (Å²) in [4.78, 5) is 0. The summed E-state index contributed by atoms with van der Waals surface area (Å²) in [6, 6.07) is 17.1. The van der Waals surface area contributed by atoms with E-state index in [1.54, 1.807) is 0 Å². The van der Waals surface area contributed by atoms with Crippen LogP contribution in [0.1, 0.15) is 43.0 Å². The molecule has 2 nitrogen and oxygen atoms in total. The van der Waals surface area contributed by atoms with E-state index < -0.39 is 0 Å². The summed E-state index contributed by atoms with van der Waals surface area (Å²) in [5.41, 5.74) is 4.79. The Morgan fingerprint density at radius 3 is 2.35 bits per heavy atom. The molecule has 0 aliphatic heterocycles. The summed E-state index contributed by atoms with van der Waals surface area (Å²) in [5.74, 6) is 0.594. The van der Waals surface area contributed by atoms with Crippen molar-refractivity contribution in [3.63, 3.8) is 0 Å². The molecule has 0 bridgehead atoms. The van der Waals surface area contributed by atoms with Crippen LogP contribution in [-0.4, -0.2) is 5.11 Å². The molecule has 3 heteroatoms. The van der Waals surface area contributed by atoms with Crippen molar-refractivity contribution in [1.82, 2.24) is 5.32 Å². The smallest absolute Gasteiger partial charge is 0.171 e. The van der Waals surface area contributed by atoms with Crippen molar-refractivity contribution in [2.75, 3.05) is 5.32 Å². The van der Waals surface area contributed by atoms with Crippen LogP contribution in [0, 0.1) is 19.8 Å². The number of thiocarbonyl (C=S) groups is 1. The van der Waals surface area contributed by atoms with Gasteiger partial charge in [-0.05, 0) is 55.6 Å². The van der Waals surface area contributed by atoms with Gasteiger partial charge in [-0.1, -0.05) is 61.9 Å². The molecule has 0 heterocycles. The van der Waals surface area contributed by atoms with Gasteiger partial charge in [-0.3, -0.25) is 0 Å². The highest BCUT2D eigenvalue weighted by atomic mass is 32.1. The van der Waals surface area contributed by atoms with Crippen LogP contribution >= 0.6 is 12.2 Å². The van der Waals surface area contributed by atoms with E-state index in [0.717, 1.165) is 12.1 Å². The molecule has 2 rings (SSSR count). The summed E-state index contributed by atoms with van der Waals surface area (Å²) in [6.07, 6.45) is 1.04. The Kier molecular flexibility index (Phi) is 6.17. The maximum Gasteiger partial charge on any atom is 0.171 e. The molecular formula is C20H26N2S. The van der Waals surface area contributed by atoms with Gasteiger partial charge in [0.1, 0.15) is 0 Å². The van der Waals surface area contributed by atoms with E-state index in [4.69, 9.17) is 12.2 Å². The molecule has 23 heavy (non-hydrogen) atoms. The lowest BCUT2D eigenvalue weighted by molar-refractivity contribution is 0.481. The molecule has 2 N–H and O–H groups in total. The molecule has 0 fully saturated rings. The van der Waals surface area contributed by atoms with Gasteiger partial charge in [-0.15, -0.1) is 0 Å². The fourth-order valence-corrected chi connectivity index (χ4v) is 2.96. The van der Waals surface area contributed by atoms with Gasteiger partial charge in [0, 0.05) is 5.69 Å². The third-order valence-corrected chi connectivity index (χ3v) is 4.06. The van der Waals surface area contributed by atoms with Crippen molar-refractivity contribution in [3.05, 3.63) is 65.2 Å². The highest BCUT2D eigenvalue weighted by Crippen LogP contribution is 2.22. The van der Waals surface area contributed by atoms with Crippen molar-refractivity contribution >= 4 is 23.0 Å². The predicted octanol–water partition coefficient (Wildman–Crippen LogP) is 5.38. The zero-order valence-electron chi connectivity index (χ0n) is 14.4. The summed E-state index contributed by atoms with van der Waals surface area (Å²) < 4.78 is 0. The van der Waals surface area contributed by atoms with Gasteiger partial charge >= 0.3 is 0 Å². The number of anilines is 1. The molecule has 2 aromatic carbocycles. The summed E-state index contributed by atoms with van der Waals surface area (Å²) in [7, 11) is 0. The molecule has 1 unspecified atom stereocenters. The Labute approximate surface area is 145 Å². The molecule has 1 atom stereocenters. The van der Waals surface area contributed by atoms with Gasteiger partial charge in [0.05, 0.1) is 6.04 Å². The second kappa shape index (κ2) is 8.11. The van der Waals surface area contributed by atoms with Gasteiger partial charge < -0.3 is 10.6 Å². The molecule has 0 amide bonds. The summed E-state index contributed by atoms with van der Waals surface area (Å²) >= 11 is 5.54. The second-order valence-electron chi connectivity index (χ2n) is 6.51. The lowest BCUT2D eigenvalue weighted by Crippen LogP contribution is -2.33. The number of rotatable bonds is 5. The average Bonchev–Trinajstić information content (AvgIpc) is 2.50. The highest BCUT2D eigenvalue weighted by Gasteiger charge is 2.14. The zero-order chi connectivity index (χ0) is 16.8. The highest BCUT2D eigenvalue weighted by molar-refractivity contribution is 7.80. The number of aryl methyl sites for hydroxylation is 2. The lowest BCUT2D eigenvalue weighted by atomic mass is 9.97.